The van der Waals surface area contributed by atoms with Crippen LogP contribution in [0.3, 0.4) is 0 Å². The van der Waals surface area contributed by atoms with Crippen molar-refractivity contribution in [2.24, 2.45) is 0 Å². The number of aromatic nitrogens is 1. The second-order valence-corrected chi connectivity index (χ2v) is 7.87. The summed E-state index contributed by atoms with van der Waals surface area (Å²) >= 11 is 0. The lowest BCUT2D eigenvalue weighted by Crippen LogP contribution is -1.96. The van der Waals surface area contributed by atoms with Gasteiger partial charge in [-0.15, -0.1) is 0 Å². The Hall–Kier alpha value is -3.84. The summed E-state index contributed by atoms with van der Waals surface area (Å²) in [6, 6.07) is 39.3. The Morgan fingerprint density at radius 2 is 1.23 bits per heavy atom. The molecule has 0 aliphatic heterocycles. The fourth-order valence-electron chi connectivity index (χ4n) is 4.80. The van der Waals surface area contributed by atoms with Gasteiger partial charge in [-0.2, -0.15) is 0 Å². The second kappa shape index (κ2) is 6.60. The highest BCUT2D eigenvalue weighted by Gasteiger charge is 2.18. The van der Waals surface area contributed by atoms with E-state index >= 15 is 0 Å². The Labute approximate surface area is 175 Å². The monoisotopic (exact) mass is 383 g/mol. The molecule has 0 amide bonds. The van der Waals surface area contributed by atoms with Crippen molar-refractivity contribution in [3.05, 3.63) is 115 Å². The summed E-state index contributed by atoms with van der Waals surface area (Å²) in [5, 5.41) is 5.16. The van der Waals surface area contributed by atoms with Crippen molar-refractivity contribution in [2.75, 3.05) is 0 Å². The average molecular weight is 383 g/mol. The topological polar surface area (TPSA) is 4.93 Å². The number of rotatable bonds is 2. The van der Waals surface area contributed by atoms with Gasteiger partial charge in [0, 0.05) is 22.0 Å². The van der Waals surface area contributed by atoms with Crippen LogP contribution in [-0.4, -0.2) is 4.57 Å². The van der Waals surface area contributed by atoms with Crippen LogP contribution in [0.15, 0.2) is 109 Å². The van der Waals surface area contributed by atoms with Crippen LogP contribution in [0.25, 0.3) is 49.4 Å². The minimum Gasteiger partial charge on any atom is -0.309 e. The van der Waals surface area contributed by atoms with E-state index in [1.54, 1.807) is 0 Å². The third kappa shape index (κ3) is 2.42. The maximum atomic E-state index is 2.42. The molecule has 5 aromatic carbocycles. The SMILES string of the molecule is Cc1ccc2ccccc2c1-c1cccc2c3ccccc3n(-c3ccccc3)c12. The summed E-state index contributed by atoms with van der Waals surface area (Å²) in [4.78, 5) is 0. The number of hydrogen-bond donors (Lipinski definition) is 0. The summed E-state index contributed by atoms with van der Waals surface area (Å²) < 4.78 is 2.42. The lowest BCUT2D eigenvalue weighted by atomic mass is 9.92. The predicted octanol–water partition coefficient (Wildman–Crippen LogP) is 7.91. The molecule has 1 heteroatoms. The van der Waals surface area contributed by atoms with Gasteiger partial charge in [0.15, 0.2) is 0 Å². The van der Waals surface area contributed by atoms with E-state index in [1.807, 2.05) is 0 Å². The molecule has 0 N–H and O–H groups in total. The molecule has 30 heavy (non-hydrogen) atoms. The van der Waals surface area contributed by atoms with Gasteiger partial charge in [-0.3, -0.25) is 0 Å². The minimum atomic E-state index is 1.19. The molecule has 1 heterocycles. The van der Waals surface area contributed by atoms with Gasteiger partial charge in [-0.1, -0.05) is 91.0 Å². The van der Waals surface area contributed by atoms with Gasteiger partial charge in [0.2, 0.25) is 0 Å². The summed E-state index contributed by atoms with van der Waals surface area (Å²) in [5.41, 5.74) is 7.59. The molecular weight excluding hydrogens is 362 g/mol. The fraction of sp³-hybridized carbons (Fsp3) is 0.0345. The first-order valence-electron chi connectivity index (χ1n) is 10.4. The first kappa shape index (κ1) is 17.1. The molecular formula is C29H21N. The van der Waals surface area contributed by atoms with Crippen LogP contribution in [0.2, 0.25) is 0 Å². The van der Waals surface area contributed by atoms with Gasteiger partial charge in [-0.25, -0.2) is 0 Å². The summed E-state index contributed by atoms with van der Waals surface area (Å²) in [6.07, 6.45) is 0. The molecule has 0 spiro atoms. The largest absolute Gasteiger partial charge is 0.309 e. The van der Waals surface area contributed by atoms with E-state index in [2.05, 4.69) is 121 Å². The van der Waals surface area contributed by atoms with Crippen molar-refractivity contribution < 1.29 is 0 Å². The molecule has 142 valence electrons. The van der Waals surface area contributed by atoms with Crippen molar-refractivity contribution in [3.8, 4) is 16.8 Å². The van der Waals surface area contributed by atoms with Gasteiger partial charge >= 0.3 is 0 Å². The quantitative estimate of drug-likeness (QED) is 0.286. The van der Waals surface area contributed by atoms with Crippen LogP contribution in [0.1, 0.15) is 5.56 Å². The first-order chi connectivity index (χ1) is 14.8. The molecule has 0 saturated carbocycles. The molecule has 0 bridgehead atoms. The molecule has 0 radical (unpaired) electrons. The number of benzene rings is 5. The van der Waals surface area contributed by atoms with Gasteiger partial charge in [-0.05, 0) is 47.0 Å². The van der Waals surface area contributed by atoms with Crippen molar-refractivity contribution >= 4 is 32.6 Å². The van der Waals surface area contributed by atoms with E-state index in [4.69, 9.17) is 0 Å². The van der Waals surface area contributed by atoms with Gasteiger partial charge in [0.25, 0.3) is 0 Å². The Balaban J connectivity index is 1.84. The molecule has 0 unspecified atom stereocenters. The molecule has 0 atom stereocenters. The average Bonchev–Trinajstić information content (AvgIpc) is 3.14. The highest BCUT2D eigenvalue weighted by molar-refractivity contribution is 6.16. The Kier molecular flexibility index (Phi) is 3.75. The van der Waals surface area contributed by atoms with Crippen molar-refractivity contribution in [1.82, 2.24) is 4.57 Å². The van der Waals surface area contributed by atoms with Crippen molar-refractivity contribution in [1.29, 1.82) is 0 Å². The zero-order valence-electron chi connectivity index (χ0n) is 16.8. The van der Waals surface area contributed by atoms with E-state index in [9.17, 15) is 0 Å². The van der Waals surface area contributed by atoms with Crippen LogP contribution in [0, 0.1) is 6.92 Å². The number of fused-ring (bicyclic) bond motifs is 4. The van der Waals surface area contributed by atoms with Crippen molar-refractivity contribution in [2.45, 2.75) is 6.92 Å². The molecule has 0 fully saturated rings. The van der Waals surface area contributed by atoms with Crippen LogP contribution in [0.4, 0.5) is 0 Å². The van der Waals surface area contributed by atoms with Crippen LogP contribution in [-0.2, 0) is 0 Å². The zero-order valence-corrected chi connectivity index (χ0v) is 16.8. The first-order valence-corrected chi connectivity index (χ1v) is 10.4. The number of aryl methyl sites for hydroxylation is 1. The Morgan fingerprint density at radius 3 is 2.10 bits per heavy atom. The molecule has 0 aliphatic rings. The Morgan fingerprint density at radius 1 is 0.533 bits per heavy atom. The van der Waals surface area contributed by atoms with Crippen LogP contribution in [0.5, 0.6) is 0 Å². The summed E-state index contributed by atoms with van der Waals surface area (Å²) in [6.45, 7) is 2.22. The molecule has 1 nitrogen and oxygen atoms in total. The van der Waals surface area contributed by atoms with E-state index in [0.717, 1.165) is 0 Å². The second-order valence-electron chi connectivity index (χ2n) is 7.87. The number of hydrogen-bond acceptors (Lipinski definition) is 0. The van der Waals surface area contributed by atoms with E-state index < -0.39 is 0 Å². The minimum absolute atomic E-state index is 1.19. The zero-order chi connectivity index (χ0) is 20.1. The summed E-state index contributed by atoms with van der Waals surface area (Å²) in [7, 11) is 0. The summed E-state index contributed by atoms with van der Waals surface area (Å²) in [5.74, 6) is 0. The predicted molar refractivity (Wildman–Crippen MR) is 128 cm³/mol. The van der Waals surface area contributed by atoms with Crippen LogP contribution >= 0.6 is 0 Å². The van der Waals surface area contributed by atoms with Crippen molar-refractivity contribution in [3.63, 3.8) is 0 Å². The lowest BCUT2D eigenvalue weighted by Gasteiger charge is -2.15. The van der Waals surface area contributed by atoms with Gasteiger partial charge < -0.3 is 4.57 Å². The van der Waals surface area contributed by atoms with E-state index in [1.165, 1.54) is 55.0 Å². The third-order valence-electron chi connectivity index (χ3n) is 6.12. The standard InChI is InChI=1S/C29H21N/c1-20-18-19-21-10-5-6-13-23(21)28(20)26-16-9-15-25-24-14-7-8-17-27(24)30(29(25)26)22-11-3-2-4-12-22/h2-19H,1H3. The highest BCUT2D eigenvalue weighted by Crippen LogP contribution is 2.41. The fourth-order valence-corrected chi connectivity index (χ4v) is 4.80. The lowest BCUT2D eigenvalue weighted by molar-refractivity contribution is 1.18. The molecule has 0 saturated heterocycles. The maximum Gasteiger partial charge on any atom is 0.0619 e. The van der Waals surface area contributed by atoms with E-state index in [-0.39, 0.29) is 0 Å². The molecule has 0 aliphatic carbocycles. The molecule has 6 rings (SSSR count). The van der Waals surface area contributed by atoms with E-state index in [0.29, 0.717) is 0 Å². The third-order valence-corrected chi connectivity index (χ3v) is 6.12. The molecule has 1 aromatic heterocycles. The number of nitrogens with zero attached hydrogens (tertiary/aromatic N) is 1. The van der Waals surface area contributed by atoms with Gasteiger partial charge in [0.05, 0.1) is 11.0 Å². The highest BCUT2D eigenvalue weighted by atomic mass is 15.0. The maximum absolute atomic E-state index is 2.42. The Bertz CT molecular complexity index is 1540. The normalized spacial score (nSPS) is 11.5. The molecule has 6 aromatic rings. The van der Waals surface area contributed by atoms with Crippen LogP contribution < -0.4 is 0 Å². The smallest absolute Gasteiger partial charge is 0.0619 e. The van der Waals surface area contributed by atoms with Gasteiger partial charge in [0.1, 0.15) is 0 Å². The number of para-hydroxylation sites is 3.